The SMILES string of the molecule is CC(C)(C)[Si](C)(C)OCCCN1CC=C2c3c(C#N)c(O)cc(Cl)c3OCCCN21. The van der Waals surface area contributed by atoms with Gasteiger partial charge in [-0.25, -0.2) is 5.01 Å². The zero-order valence-corrected chi connectivity index (χ0v) is 20.3. The van der Waals surface area contributed by atoms with Crippen LogP contribution in [-0.2, 0) is 4.43 Å². The van der Waals surface area contributed by atoms with Crippen molar-refractivity contribution in [1.82, 2.24) is 10.0 Å². The molecule has 8 heteroatoms. The third-order valence-corrected chi connectivity index (χ3v) is 11.1. The van der Waals surface area contributed by atoms with Gasteiger partial charge in [0.15, 0.2) is 8.32 Å². The van der Waals surface area contributed by atoms with Crippen molar-refractivity contribution in [2.24, 2.45) is 0 Å². The lowest BCUT2D eigenvalue weighted by atomic mass is 10.0. The molecule has 2 heterocycles. The van der Waals surface area contributed by atoms with Crippen LogP contribution < -0.4 is 4.74 Å². The van der Waals surface area contributed by atoms with E-state index in [0.717, 1.165) is 44.8 Å². The van der Waals surface area contributed by atoms with E-state index in [2.05, 4.69) is 56.0 Å². The number of hydrogen-bond acceptors (Lipinski definition) is 6. The molecule has 30 heavy (non-hydrogen) atoms. The molecule has 0 aliphatic carbocycles. The standard InChI is InChI=1S/C22H32ClN3O3Si/c1-22(2,3)30(4,5)29-13-6-9-25-11-8-18-20-16(15-24)19(27)14-17(23)21(20)28-12-7-10-26(18)25/h8,14,27H,6-7,9-13H2,1-5H3. The van der Waals surface area contributed by atoms with Gasteiger partial charge < -0.3 is 19.3 Å². The Labute approximate surface area is 185 Å². The maximum atomic E-state index is 10.3. The minimum atomic E-state index is -1.74. The van der Waals surface area contributed by atoms with E-state index in [-0.39, 0.29) is 16.4 Å². The van der Waals surface area contributed by atoms with Gasteiger partial charge in [0, 0.05) is 38.7 Å². The molecule has 3 rings (SSSR count). The van der Waals surface area contributed by atoms with Crippen LogP contribution >= 0.6 is 11.6 Å². The number of phenolic OH excluding ortho intramolecular Hbond substituents is 1. The number of aromatic hydroxyl groups is 1. The van der Waals surface area contributed by atoms with E-state index in [9.17, 15) is 10.4 Å². The monoisotopic (exact) mass is 449 g/mol. The van der Waals surface area contributed by atoms with Crippen LogP contribution in [0.4, 0.5) is 0 Å². The van der Waals surface area contributed by atoms with Crippen molar-refractivity contribution in [1.29, 1.82) is 5.26 Å². The normalized spacial score (nSPS) is 17.4. The van der Waals surface area contributed by atoms with Crippen LogP contribution in [0, 0.1) is 11.3 Å². The van der Waals surface area contributed by atoms with Gasteiger partial charge >= 0.3 is 0 Å². The highest BCUT2D eigenvalue weighted by molar-refractivity contribution is 6.74. The Bertz CT molecular complexity index is 874. The van der Waals surface area contributed by atoms with Gasteiger partial charge in [-0.05, 0) is 30.6 Å². The van der Waals surface area contributed by atoms with Gasteiger partial charge in [-0.2, -0.15) is 5.26 Å². The molecule has 1 aromatic carbocycles. The molecule has 6 nitrogen and oxygen atoms in total. The van der Waals surface area contributed by atoms with Gasteiger partial charge in [-0.3, -0.25) is 0 Å². The fraction of sp³-hybridized carbons (Fsp3) is 0.591. The molecule has 1 N–H and O–H groups in total. The summed E-state index contributed by atoms with van der Waals surface area (Å²) >= 11 is 6.34. The molecule has 164 valence electrons. The molecule has 0 amide bonds. The highest BCUT2D eigenvalue weighted by atomic mass is 35.5. The predicted octanol–water partition coefficient (Wildman–Crippen LogP) is 4.99. The van der Waals surface area contributed by atoms with Crippen LogP contribution in [0.25, 0.3) is 5.70 Å². The molecule has 0 atom stereocenters. The van der Waals surface area contributed by atoms with E-state index in [1.807, 2.05) is 0 Å². The maximum Gasteiger partial charge on any atom is 0.191 e. The molecular formula is C22H32ClN3O3Si. The second-order valence-electron chi connectivity index (χ2n) is 9.36. The molecular weight excluding hydrogens is 418 g/mol. The number of rotatable bonds is 5. The first-order chi connectivity index (χ1) is 14.1. The lowest BCUT2D eigenvalue weighted by molar-refractivity contribution is 0.0487. The molecule has 0 fully saturated rings. The first-order valence-corrected chi connectivity index (χ1v) is 13.8. The number of hydrazine groups is 1. The fourth-order valence-electron chi connectivity index (χ4n) is 3.55. The van der Waals surface area contributed by atoms with Gasteiger partial charge in [0.25, 0.3) is 0 Å². The molecule has 0 spiro atoms. The van der Waals surface area contributed by atoms with E-state index in [4.69, 9.17) is 20.8 Å². The Morgan fingerprint density at radius 1 is 1.37 bits per heavy atom. The number of halogens is 1. The molecule has 0 saturated heterocycles. The summed E-state index contributed by atoms with van der Waals surface area (Å²) in [6.07, 6.45) is 3.85. The number of fused-ring (bicyclic) bond motifs is 3. The van der Waals surface area contributed by atoms with Gasteiger partial charge in [0.2, 0.25) is 0 Å². The zero-order valence-electron chi connectivity index (χ0n) is 18.6. The smallest absolute Gasteiger partial charge is 0.191 e. The largest absolute Gasteiger partial charge is 0.506 e. The number of hydrogen-bond donors (Lipinski definition) is 1. The summed E-state index contributed by atoms with van der Waals surface area (Å²) in [6, 6.07) is 3.50. The molecule has 1 aromatic rings. The van der Waals surface area contributed by atoms with Crippen LogP contribution in [0.1, 0.15) is 44.7 Å². The predicted molar refractivity (Wildman–Crippen MR) is 122 cm³/mol. The maximum absolute atomic E-state index is 10.3. The zero-order chi connectivity index (χ0) is 22.1. The van der Waals surface area contributed by atoms with Gasteiger partial charge in [0.1, 0.15) is 23.1 Å². The van der Waals surface area contributed by atoms with Crippen LogP contribution in [-0.4, -0.2) is 56.3 Å². The second-order valence-corrected chi connectivity index (χ2v) is 14.6. The number of phenols is 1. The lowest BCUT2D eigenvalue weighted by Gasteiger charge is -2.37. The van der Waals surface area contributed by atoms with Crippen molar-refractivity contribution in [3.05, 3.63) is 28.3 Å². The Kier molecular flexibility index (Phi) is 6.73. The number of ether oxygens (including phenoxy) is 1. The number of nitrogens with zero attached hydrogens (tertiary/aromatic N) is 3. The van der Waals surface area contributed by atoms with Crippen molar-refractivity contribution in [2.45, 2.75) is 51.7 Å². The minimum absolute atomic E-state index is 0.118. The minimum Gasteiger partial charge on any atom is -0.506 e. The summed E-state index contributed by atoms with van der Waals surface area (Å²) in [6.45, 7) is 14.9. The summed E-state index contributed by atoms with van der Waals surface area (Å²) in [4.78, 5) is 0. The fourth-order valence-corrected chi connectivity index (χ4v) is 4.89. The van der Waals surface area contributed by atoms with Crippen molar-refractivity contribution < 1.29 is 14.3 Å². The number of nitriles is 1. The van der Waals surface area contributed by atoms with Crippen LogP contribution in [0.5, 0.6) is 11.5 Å². The third kappa shape index (κ3) is 4.47. The van der Waals surface area contributed by atoms with Crippen LogP contribution in [0.3, 0.4) is 0 Å². The lowest BCUT2D eigenvalue weighted by Crippen LogP contribution is -2.42. The Morgan fingerprint density at radius 2 is 2.10 bits per heavy atom. The second kappa shape index (κ2) is 8.79. The van der Waals surface area contributed by atoms with E-state index in [0.29, 0.717) is 22.9 Å². The van der Waals surface area contributed by atoms with Crippen molar-refractivity contribution >= 4 is 25.6 Å². The van der Waals surface area contributed by atoms with E-state index in [1.165, 1.54) is 6.07 Å². The van der Waals surface area contributed by atoms with E-state index >= 15 is 0 Å². The molecule has 0 radical (unpaired) electrons. The van der Waals surface area contributed by atoms with Crippen molar-refractivity contribution in [2.75, 3.05) is 32.8 Å². The molecule has 2 aliphatic rings. The molecule has 2 aliphatic heterocycles. The average molecular weight is 450 g/mol. The molecule has 0 bridgehead atoms. The first kappa shape index (κ1) is 23.0. The topological polar surface area (TPSA) is 69.0 Å². The summed E-state index contributed by atoms with van der Waals surface area (Å²) in [5.41, 5.74) is 1.67. The Balaban J connectivity index is 1.75. The summed E-state index contributed by atoms with van der Waals surface area (Å²) in [7, 11) is -1.74. The van der Waals surface area contributed by atoms with Crippen LogP contribution in [0.15, 0.2) is 12.1 Å². The third-order valence-electron chi connectivity index (χ3n) is 6.29. The first-order valence-electron chi connectivity index (χ1n) is 10.5. The highest BCUT2D eigenvalue weighted by Crippen LogP contribution is 2.44. The summed E-state index contributed by atoms with van der Waals surface area (Å²) in [5.74, 6) is 0.359. The van der Waals surface area contributed by atoms with Crippen molar-refractivity contribution in [3.8, 4) is 17.6 Å². The van der Waals surface area contributed by atoms with Gasteiger partial charge in [-0.1, -0.05) is 32.4 Å². The summed E-state index contributed by atoms with van der Waals surface area (Å²) in [5, 5.41) is 24.9. The Morgan fingerprint density at radius 3 is 2.77 bits per heavy atom. The van der Waals surface area contributed by atoms with Gasteiger partial charge in [0.05, 0.1) is 22.9 Å². The van der Waals surface area contributed by atoms with E-state index < -0.39 is 8.32 Å². The Hall–Kier alpha value is -1.72. The summed E-state index contributed by atoms with van der Waals surface area (Å²) < 4.78 is 12.2. The molecule has 0 unspecified atom stereocenters. The van der Waals surface area contributed by atoms with Crippen molar-refractivity contribution in [3.63, 3.8) is 0 Å². The van der Waals surface area contributed by atoms with Crippen LogP contribution in [0.2, 0.25) is 23.2 Å². The molecule has 0 saturated carbocycles. The molecule has 0 aromatic heterocycles. The van der Waals surface area contributed by atoms with Gasteiger partial charge in [-0.15, -0.1) is 0 Å². The average Bonchev–Trinajstić information content (AvgIpc) is 3.01. The highest BCUT2D eigenvalue weighted by Gasteiger charge is 2.37. The van der Waals surface area contributed by atoms with E-state index in [1.54, 1.807) is 0 Å². The quantitative estimate of drug-likeness (QED) is 0.504. The number of benzene rings is 1.